The lowest BCUT2D eigenvalue weighted by molar-refractivity contribution is -0.625. The minimum atomic E-state index is -0.588. The topological polar surface area (TPSA) is 66.8 Å². The molecule has 1 amide bonds. The maximum absolute atomic E-state index is 12.3. The van der Waals surface area contributed by atoms with E-state index in [0.717, 1.165) is 0 Å². The molecule has 6 aliphatic rings. The van der Waals surface area contributed by atoms with Crippen LogP contribution in [0.1, 0.15) is 20.8 Å². The molecule has 5 nitrogen and oxygen atoms in total. The van der Waals surface area contributed by atoms with Crippen LogP contribution in [-0.2, 0) is 9.53 Å². The van der Waals surface area contributed by atoms with Gasteiger partial charge in [0.25, 0.3) is 0 Å². The van der Waals surface area contributed by atoms with Crippen LogP contribution in [0.25, 0.3) is 0 Å². The van der Waals surface area contributed by atoms with Crippen LogP contribution in [0.2, 0.25) is 0 Å². The van der Waals surface area contributed by atoms with Gasteiger partial charge in [-0.15, -0.1) is 0 Å². The number of carbonyl (C=O) groups excluding carboxylic acids is 1. The van der Waals surface area contributed by atoms with E-state index >= 15 is 0 Å². The summed E-state index contributed by atoms with van der Waals surface area (Å²) in [5.74, 6) is 1.79. The van der Waals surface area contributed by atoms with E-state index < -0.39 is 11.6 Å². The molecule has 0 saturated heterocycles. The Bertz CT molecular complexity index is 536. The van der Waals surface area contributed by atoms with Gasteiger partial charge in [0, 0.05) is 7.05 Å². The minimum absolute atomic E-state index is 0.0282. The van der Waals surface area contributed by atoms with Crippen molar-refractivity contribution in [3.05, 3.63) is 0 Å². The summed E-state index contributed by atoms with van der Waals surface area (Å²) in [6, 6.07) is 0. The normalized spacial score (nSPS) is 58.0. The largest absolute Gasteiger partial charge is 0.481 e. The first-order valence-corrected chi connectivity index (χ1v) is 7.42. The van der Waals surface area contributed by atoms with Gasteiger partial charge < -0.3 is 14.7 Å². The summed E-state index contributed by atoms with van der Waals surface area (Å²) in [6.45, 7) is 5.62. The minimum Gasteiger partial charge on any atom is -0.481 e. The van der Waals surface area contributed by atoms with Crippen LogP contribution in [0.5, 0.6) is 0 Å². The van der Waals surface area contributed by atoms with E-state index in [-0.39, 0.29) is 17.0 Å². The number of amides is 1. The fourth-order valence-electron chi connectivity index (χ4n) is 7.06. The van der Waals surface area contributed by atoms with Gasteiger partial charge in [0.2, 0.25) is 0 Å². The van der Waals surface area contributed by atoms with Crippen LogP contribution in [0.3, 0.4) is 0 Å². The highest BCUT2D eigenvalue weighted by Gasteiger charge is 3.13. The molecule has 0 aromatic heterocycles. The molecule has 0 aromatic rings. The Hall–Kier alpha value is -1.26. The van der Waals surface area contributed by atoms with Crippen molar-refractivity contribution >= 4 is 12.1 Å². The van der Waals surface area contributed by atoms with Gasteiger partial charge in [-0.2, -0.15) is 0 Å². The number of carboxylic acid groups (broad SMARTS) is 1. The Balaban J connectivity index is 1.39. The van der Waals surface area contributed by atoms with Gasteiger partial charge in [0.1, 0.15) is 5.60 Å². The smallest absolute Gasteiger partial charge is 0.410 e. The molecule has 6 rings (SSSR count). The van der Waals surface area contributed by atoms with E-state index in [4.69, 9.17) is 4.74 Å². The first-order valence-electron chi connectivity index (χ1n) is 7.42. The number of ether oxygens (including phenoxy) is 1. The lowest BCUT2D eigenvalue weighted by Crippen LogP contribution is -3.15. The molecule has 108 valence electrons. The SMILES string of the molecule is CN(C(=O)OC(C)(C)C)C12C3C4C1C1C2C3C41C(=O)O. The molecule has 6 saturated carbocycles. The van der Waals surface area contributed by atoms with Crippen molar-refractivity contribution in [1.82, 2.24) is 4.90 Å². The summed E-state index contributed by atoms with van der Waals surface area (Å²) in [4.78, 5) is 25.5. The monoisotopic (exact) mass is 277 g/mol. The fourth-order valence-corrected chi connectivity index (χ4v) is 7.06. The second-order valence-electron chi connectivity index (χ2n) is 8.32. The summed E-state index contributed by atoms with van der Waals surface area (Å²) >= 11 is 0. The maximum atomic E-state index is 12.3. The van der Waals surface area contributed by atoms with E-state index in [2.05, 4.69) is 0 Å². The molecule has 0 aliphatic heterocycles. The van der Waals surface area contributed by atoms with Gasteiger partial charge in [-0.1, -0.05) is 0 Å². The van der Waals surface area contributed by atoms with Gasteiger partial charge in [0.15, 0.2) is 0 Å². The molecule has 0 radical (unpaired) electrons. The predicted octanol–water partition coefficient (Wildman–Crippen LogP) is 1.43. The average Bonchev–Trinajstić information content (AvgIpc) is 2.35. The highest BCUT2D eigenvalue weighted by molar-refractivity contribution is 5.89. The maximum Gasteiger partial charge on any atom is 0.410 e. The predicted molar refractivity (Wildman–Crippen MR) is 67.7 cm³/mol. The highest BCUT2D eigenvalue weighted by atomic mass is 16.6. The average molecular weight is 277 g/mol. The summed E-state index contributed by atoms with van der Waals surface area (Å²) in [7, 11) is 1.84. The number of aliphatic carboxylic acids is 1. The standard InChI is InChI=1S/C15H19NO4/c1-13(2,3)20-12(19)16(4)15-8-5-9(15)7-10(15)6(8)14(5,7)11(17)18/h5-10H,1-4H3,(H,17,18). The summed E-state index contributed by atoms with van der Waals surface area (Å²) < 4.78 is 5.47. The fraction of sp³-hybridized carbons (Fsp3) is 0.867. The molecular formula is C15H19NO4. The van der Waals surface area contributed by atoms with Gasteiger partial charge >= 0.3 is 12.1 Å². The van der Waals surface area contributed by atoms with E-state index in [1.54, 1.807) is 4.90 Å². The van der Waals surface area contributed by atoms with Crippen molar-refractivity contribution in [2.75, 3.05) is 7.05 Å². The number of rotatable bonds is 2. The molecular weight excluding hydrogens is 258 g/mol. The molecule has 6 aliphatic carbocycles. The van der Waals surface area contributed by atoms with Crippen molar-refractivity contribution in [2.45, 2.75) is 31.9 Å². The third-order valence-corrected chi connectivity index (χ3v) is 7.20. The Labute approximate surface area is 117 Å². The van der Waals surface area contributed by atoms with E-state index in [9.17, 15) is 14.7 Å². The number of carbonyl (C=O) groups is 2. The van der Waals surface area contributed by atoms with Crippen molar-refractivity contribution < 1.29 is 19.4 Å². The number of nitrogens with zero attached hydrogens (tertiary/aromatic N) is 1. The molecule has 0 atom stereocenters. The molecule has 0 heterocycles. The van der Waals surface area contributed by atoms with Crippen molar-refractivity contribution in [3.63, 3.8) is 0 Å². The Morgan fingerprint density at radius 2 is 1.50 bits per heavy atom. The summed E-state index contributed by atoms with van der Waals surface area (Å²) in [5, 5.41) is 9.44. The van der Waals surface area contributed by atoms with Crippen LogP contribution in [-0.4, -0.2) is 40.3 Å². The Morgan fingerprint density at radius 3 is 1.85 bits per heavy atom. The van der Waals surface area contributed by atoms with Crippen LogP contribution < -0.4 is 0 Å². The third kappa shape index (κ3) is 0.652. The van der Waals surface area contributed by atoms with Crippen LogP contribution in [0.4, 0.5) is 4.79 Å². The van der Waals surface area contributed by atoms with Crippen molar-refractivity contribution in [2.24, 2.45) is 40.9 Å². The number of carboxylic acids is 1. The van der Waals surface area contributed by atoms with E-state index in [1.807, 2.05) is 27.8 Å². The zero-order valence-corrected chi connectivity index (χ0v) is 12.1. The van der Waals surface area contributed by atoms with Crippen LogP contribution in [0.15, 0.2) is 0 Å². The second-order valence-corrected chi connectivity index (χ2v) is 8.32. The van der Waals surface area contributed by atoms with E-state index in [1.165, 1.54) is 0 Å². The van der Waals surface area contributed by atoms with Gasteiger partial charge in [-0.3, -0.25) is 4.79 Å². The van der Waals surface area contributed by atoms with Gasteiger partial charge in [0.05, 0.1) is 11.0 Å². The van der Waals surface area contributed by atoms with Crippen LogP contribution >= 0.6 is 0 Å². The number of hydrogen-bond acceptors (Lipinski definition) is 3. The molecule has 0 spiro atoms. The zero-order valence-electron chi connectivity index (χ0n) is 12.1. The molecule has 5 heteroatoms. The Kier molecular flexibility index (Phi) is 1.42. The number of hydrogen-bond donors (Lipinski definition) is 1. The Morgan fingerprint density at radius 1 is 1.05 bits per heavy atom. The highest BCUT2D eigenvalue weighted by Crippen LogP contribution is 3.07. The molecule has 20 heavy (non-hydrogen) atoms. The second kappa shape index (κ2) is 2.48. The van der Waals surface area contributed by atoms with Crippen LogP contribution in [0, 0.1) is 40.9 Å². The lowest BCUT2D eigenvalue weighted by Gasteiger charge is -3.10. The summed E-state index contributed by atoms with van der Waals surface area (Å²) in [5.41, 5.74) is -0.873. The van der Waals surface area contributed by atoms with Crippen molar-refractivity contribution in [3.8, 4) is 0 Å². The molecule has 1 N–H and O–H groups in total. The van der Waals surface area contributed by atoms with Gasteiger partial charge in [-0.25, -0.2) is 4.79 Å². The summed E-state index contributed by atoms with van der Waals surface area (Å²) in [6.07, 6.45) is -0.252. The molecule has 0 aromatic carbocycles. The molecule has 0 bridgehead atoms. The first kappa shape index (κ1) is 11.4. The van der Waals surface area contributed by atoms with Gasteiger partial charge in [-0.05, 0) is 56.3 Å². The van der Waals surface area contributed by atoms with E-state index in [0.29, 0.717) is 35.5 Å². The molecule has 6 fully saturated rings. The molecule has 0 unspecified atom stereocenters. The lowest BCUT2D eigenvalue weighted by atomic mass is 8.94. The first-order chi connectivity index (χ1) is 9.21. The third-order valence-electron chi connectivity index (χ3n) is 7.20. The zero-order chi connectivity index (χ0) is 14.4. The van der Waals surface area contributed by atoms with Crippen molar-refractivity contribution in [1.29, 1.82) is 0 Å². The quantitative estimate of drug-likeness (QED) is 0.829.